The van der Waals surface area contributed by atoms with E-state index in [2.05, 4.69) is 0 Å². The zero-order valence-corrected chi connectivity index (χ0v) is 6.53. The smallest absolute Gasteiger partial charge is 0.329 e. The monoisotopic (exact) mass is 193 g/mol. The third-order valence-corrected chi connectivity index (χ3v) is 2.35. The first kappa shape index (κ1) is 10.4. The van der Waals surface area contributed by atoms with Gasteiger partial charge in [0.15, 0.2) is 5.54 Å². The lowest BCUT2D eigenvalue weighted by molar-refractivity contribution is -0.152. The van der Waals surface area contributed by atoms with Gasteiger partial charge in [0.2, 0.25) is 0 Å². The minimum atomic E-state index is -2.42. The molecular weight excluding hydrogens is 182 g/mol. The normalized spacial score (nSPS) is 50.8. The lowest BCUT2D eigenvalue weighted by Gasteiger charge is -2.25. The first-order chi connectivity index (χ1) is 5.83. The Morgan fingerprint density at radius 2 is 1.38 bits per heavy atom. The maximum absolute atomic E-state index is 10.6. The lowest BCUT2D eigenvalue weighted by atomic mass is 9.94. The Balaban J connectivity index is 3.05. The second-order valence-electron chi connectivity index (χ2n) is 3.11. The molecule has 13 heavy (non-hydrogen) atoms. The van der Waals surface area contributed by atoms with Crippen LogP contribution >= 0.6 is 0 Å². The van der Waals surface area contributed by atoms with Gasteiger partial charge in [-0.25, -0.2) is 0 Å². The molecule has 0 saturated heterocycles. The summed E-state index contributed by atoms with van der Waals surface area (Å²) < 4.78 is 0. The fourth-order valence-corrected chi connectivity index (χ4v) is 1.37. The summed E-state index contributed by atoms with van der Waals surface area (Å²) in [6.07, 6.45) is -7.29. The van der Waals surface area contributed by atoms with E-state index < -0.39 is 35.9 Å². The summed E-state index contributed by atoms with van der Waals surface area (Å²) in [5.74, 6) is -1.68. The molecule has 0 bridgehead atoms. The van der Waals surface area contributed by atoms with E-state index in [9.17, 15) is 4.79 Å². The third-order valence-electron chi connectivity index (χ3n) is 2.35. The quantitative estimate of drug-likeness (QED) is 0.251. The molecule has 0 heterocycles. The van der Waals surface area contributed by atoms with Gasteiger partial charge in [-0.05, 0) is 0 Å². The van der Waals surface area contributed by atoms with Crippen LogP contribution in [0.15, 0.2) is 0 Å². The average molecular weight is 193 g/mol. The fraction of sp³-hybridized carbons (Fsp3) is 0.833. The Morgan fingerprint density at radius 3 is 1.54 bits per heavy atom. The van der Waals surface area contributed by atoms with Crippen LogP contribution in [-0.4, -0.2) is 61.5 Å². The molecule has 1 fully saturated rings. The van der Waals surface area contributed by atoms with Crippen LogP contribution in [0.1, 0.15) is 0 Å². The van der Waals surface area contributed by atoms with Crippen LogP contribution in [0.2, 0.25) is 0 Å². The summed E-state index contributed by atoms with van der Waals surface area (Å²) in [5.41, 5.74) is 2.73. The van der Waals surface area contributed by atoms with Crippen LogP contribution in [0, 0.1) is 0 Å². The Kier molecular flexibility index (Phi) is 2.30. The van der Waals surface area contributed by atoms with Gasteiger partial charge in [0.25, 0.3) is 0 Å². The molecule has 0 aliphatic heterocycles. The van der Waals surface area contributed by atoms with Crippen LogP contribution in [-0.2, 0) is 4.79 Å². The van der Waals surface area contributed by atoms with Gasteiger partial charge in [0.05, 0.1) is 0 Å². The van der Waals surface area contributed by atoms with Crippen LogP contribution in [0.4, 0.5) is 0 Å². The minimum Gasteiger partial charge on any atom is -0.480 e. The van der Waals surface area contributed by atoms with E-state index in [1.54, 1.807) is 0 Å². The second kappa shape index (κ2) is 2.89. The molecule has 7 N–H and O–H groups in total. The zero-order valence-electron chi connectivity index (χ0n) is 6.53. The molecule has 0 aromatic heterocycles. The highest BCUT2D eigenvalue weighted by atomic mass is 16.4. The van der Waals surface area contributed by atoms with Gasteiger partial charge < -0.3 is 31.3 Å². The first-order valence-electron chi connectivity index (χ1n) is 3.58. The molecule has 1 unspecified atom stereocenters. The molecule has 0 spiro atoms. The van der Waals surface area contributed by atoms with Gasteiger partial charge >= 0.3 is 5.97 Å². The number of aliphatic hydroxyl groups is 4. The molecule has 7 nitrogen and oxygen atoms in total. The van der Waals surface area contributed by atoms with Gasteiger partial charge in [-0.1, -0.05) is 0 Å². The Labute approximate surface area is 73.0 Å². The highest BCUT2D eigenvalue weighted by molar-refractivity contribution is 5.81. The Bertz CT molecular complexity index is 217. The molecular formula is C6H11NO6. The summed E-state index contributed by atoms with van der Waals surface area (Å²) in [6.45, 7) is 0. The molecule has 0 aromatic rings. The molecule has 1 rings (SSSR count). The topological polar surface area (TPSA) is 144 Å². The Hall–Kier alpha value is -0.730. The predicted molar refractivity (Wildman–Crippen MR) is 38.6 cm³/mol. The van der Waals surface area contributed by atoms with Gasteiger partial charge in [0, 0.05) is 0 Å². The van der Waals surface area contributed by atoms with Crippen molar-refractivity contribution in [3.05, 3.63) is 0 Å². The van der Waals surface area contributed by atoms with Crippen molar-refractivity contribution in [2.24, 2.45) is 5.73 Å². The number of carbonyl (C=O) groups is 1. The van der Waals surface area contributed by atoms with E-state index in [-0.39, 0.29) is 0 Å². The number of nitrogens with two attached hydrogens (primary N) is 1. The SMILES string of the molecule is NC1(C(=O)O)[C@@H](O)[C@H](O)[C@H](O)[C@@H]1O. The molecule has 1 aliphatic carbocycles. The summed E-state index contributed by atoms with van der Waals surface area (Å²) in [4.78, 5) is 10.6. The van der Waals surface area contributed by atoms with Crippen molar-refractivity contribution < 1.29 is 30.3 Å². The van der Waals surface area contributed by atoms with Gasteiger partial charge in [-0.2, -0.15) is 0 Å². The van der Waals surface area contributed by atoms with Crippen LogP contribution in [0.5, 0.6) is 0 Å². The molecule has 0 amide bonds. The number of hydrogen-bond donors (Lipinski definition) is 6. The maximum atomic E-state index is 10.6. The van der Waals surface area contributed by atoms with Gasteiger partial charge in [0.1, 0.15) is 24.4 Å². The standard InChI is InChI=1S/C6H11NO6/c7-6(5(12)13)3(10)1(8)2(9)4(6)11/h1-4,8-11H,7H2,(H,12,13)/t1-,2+,3-,4-,6?/m0/s1. The minimum absolute atomic E-state index is 1.68. The average Bonchev–Trinajstić information content (AvgIpc) is 2.22. The highest BCUT2D eigenvalue weighted by Crippen LogP contribution is 2.29. The molecule has 1 saturated carbocycles. The molecule has 7 heteroatoms. The van der Waals surface area contributed by atoms with Crippen molar-refractivity contribution in [3.63, 3.8) is 0 Å². The number of rotatable bonds is 1. The number of hydrogen-bond acceptors (Lipinski definition) is 6. The number of aliphatic carboxylic acids is 1. The van der Waals surface area contributed by atoms with E-state index in [1.165, 1.54) is 0 Å². The predicted octanol–water partition coefficient (Wildman–Crippen LogP) is -3.77. The molecule has 0 aromatic carbocycles. The maximum Gasteiger partial charge on any atom is 0.329 e. The van der Waals surface area contributed by atoms with Crippen LogP contribution in [0.3, 0.4) is 0 Å². The molecule has 0 radical (unpaired) electrons. The summed E-state index contributed by atoms with van der Waals surface area (Å²) >= 11 is 0. The zero-order chi connectivity index (χ0) is 10.4. The number of carboxylic acid groups (broad SMARTS) is 1. The van der Waals surface area contributed by atoms with Crippen molar-refractivity contribution in [1.29, 1.82) is 0 Å². The summed E-state index contributed by atoms with van der Waals surface area (Å²) in [7, 11) is 0. The fourth-order valence-electron chi connectivity index (χ4n) is 1.37. The first-order valence-corrected chi connectivity index (χ1v) is 3.58. The third kappa shape index (κ3) is 1.13. The number of aliphatic hydroxyl groups excluding tert-OH is 4. The van der Waals surface area contributed by atoms with Crippen molar-refractivity contribution in [1.82, 2.24) is 0 Å². The van der Waals surface area contributed by atoms with E-state index in [0.717, 1.165) is 0 Å². The largest absolute Gasteiger partial charge is 0.480 e. The summed E-state index contributed by atoms with van der Waals surface area (Å²) in [6, 6.07) is 0. The number of carboxylic acids is 1. The van der Waals surface area contributed by atoms with Gasteiger partial charge in [-0.15, -0.1) is 0 Å². The second-order valence-corrected chi connectivity index (χ2v) is 3.11. The van der Waals surface area contributed by atoms with Crippen molar-refractivity contribution in [3.8, 4) is 0 Å². The van der Waals surface area contributed by atoms with Gasteiger partial charge in [-0.3, -0.25) is 4.79 Å². The molecule has 76 valence electrons. The van der Waals surface area contributed by atoms with E-state index in [1.807, 2.05) is 0 Å². The van der Waals surface area contributed by atoms with E-state index in [0.29, 0.717) is 0 Å². The van der Waals surface area contributed by atoms with E-state index in [4.69, 9.17) is 31.3 Å². The van der Waals surface area contributed by atoms with Crippen LogP contribution in [0.25, 0.3) is 0 Å². The lowest BCUT2D eigenvalue weighted by Crippen LogP contribution is -2.62. The van der Waals surface area contributed by atoms with Crippen LogP contribution < -0.4 is 5.73 Å². The van der Waals surface area contributed by atoms with Crippen molar-refractivity contribution in [2.75, 3.05) is 0 Å². The summed E-state index contributed by atoms with van der Waals surface area (Å²) in [5, 5.41) is 44.9. The van der Waals surface area contributed by atoms with Crippen molar-refractivity contribution in [2.45, 2.75) is 30.0 Å². The van der Waals surface area contributed by atoms with Crippen molar-refractivity contribution >= 4 is 5.97 Å². The molecule has 1 aliphatic rings. The van der Waals surface area contributed by atoms with E-state index >= 15 is 0 Å². The highest BCUT2D eigenvalue weighted by Gasteiger charge is 2.62. The molecule has 5 atom stereocenters. The Morgan fingerprint density at radius 1 is 1.08 bits per heavy atom.